The van der Waals surface area contributed by atoms with Crippen molar-refractivity contribution in [2.24, 2.45) is 5.92 Å². The summed E-state index contributed by atoms with van der Waals surface area (Å²) in [6.45, 7) is 0.401. The maximum atomic E-state index is 12.7. The number of carbonyl (C=O) groups is 2. The average molecular weight is 369 g/mol. The van der Waals surface area contributed by atoms with E-state index in [4.69, 9.17) is 11.6 Å². The van der Waals surface area contributed by atoms with Crippen LogP contribution in [-0.2, 0) is 9.59 Å². The molecular weight excluding hydrogens is 348 g/mol. The lowest BCUT2D eigenvalue weighted by Crippen LogP contribution is -2.35. The van der Waals surface area contributed by atoms with Crippen LogP contribution in [0.25, 0.3) is 0 Å². The zero-order valence-corrected chi connectivity index (χ0v) is 15.1. The average Bonchev–Trinajstić information content (AvgIpc) is 3.41. The van der Waals surface area contributed by atoms with Gasteiger partial charge in [0, 0.05) is 18.0 Å². The van der Waals surface area contributed by atoms with Crippen molar-refractivity contribution in [2.75, 3.05) is 6.54 Å². The largest absolute Gasteiger partial charge is 0.355 e. The fourth-order valence-electron chi connectivity index (χ4n) is 3.44. The van der Waals surface area contributed by atoms with E-state index in [0.717, 1.165) is 11.1 Å². The fraction of sp³-hybridized carbons (Fsp3) is 0.333. The van der Waals surface area contributed by atoms with E-state index < -0.39 is 0 Å². The molecular formula is C21H21ClN2O2. The van der Waals surface area contributed by atoms with E-state index in [1.807, 2.05) is 24.3 Å². The summed E-state index contributed by atoms with van der Waals surface area (Å²) < 4.78 is 0. The van der Waals surface area contributed by atoms with Gasteiger partial charge in [-0.3, -0.25) is 9.59 Å². The molecule has 26 heavy (non-hydrogen) atoms. The van der Waals surface area contributed by atoms with E-state index >= 15 is 0 Å². The van der Waals surface area contributed by atoms with Crippen LogP contribution in [0, 0.1) is 5.92 Å². The summed E-state index contributed by atoms with van der Waals surface area (Å²) in [6, 6.07) is 15.7. The highest BCUT2D eigenvalue weighted by molar-refractivity contribution is 6.30. The number of halogens is 1. The molecule has 2 aliphatic rings. The summed E-state index contributed by atoms with van der Waals surface area (Å²) in [6.07, 6.45) is 2.78. The van der Waals surface area contributed by atoms with Gasteiger partial charge >= 0.3 is 0 Å². The van der Waals surface area contributed by atoms with Crippen LogP contribution >= 0.6 is 11.6 Å². The lowest BCUT2D eigenvalue weighted by molar-refractivity contribution is -0.126. The van der Waals surface area contributed by atoms with Gasteiger partial charge in [-0.2, -0.15) is 0 Å². The topological polar surface area (TPSA) is 58.2 Å². The number of benzene rings is 2. The molecule has 2 atom stereocenters. The molecule has 0 radical (unpaired) electrons. The predicted molar refractivity (Wildman–Crippen MR) is 101 cm³/mol. The molecule has 2 N–H and O–H groups in total. The molecule has 4 nitrogen and oxygen atoms in total. The highest BCUT2D eigenvalue weighted by Gasteiger charge is 2.30. The predicted octanol–water partition coefficient (Wildman–Crippen LogP) is 3.56. The molecule has 0 bridgehead atoms. The van der Waals surface area contributed by atoms with Crippen molar-refractivity contribution in [2.45, 2.75) is 31.2 Å². The normalized spacial score (nSPS) is 20.5. The Hall–Kier alpha value is -2.33. The molecule has 4 rings (SSSR count). The lowest BCUT2D eigenvalue weighted by atomic mass is 9.96. The Kier molecular flexibility index (Phi) is 4.68. The van der Waals surface area contributed by atoms with Gasteiger partial charge in [-0.05, 0) is 47.6 Å². The van der Waals surface area contributed by atoms with Crippen LogP contribution < -0.4 is 10.6 Å². The fourth-order valence-corrected chi connectivity index (χ4v) is 3.57. The van der Waals surface area contributed by atoms with Crippen LogP contribution in [0.2, 0.25) is 5.02 Å². The van der Waals surface area contributed by atoms with E-state index in [0.29, 0.717) is 17.5 Å². The first kappa shape index (κ1) is 17.1. The van der Waals surface area contributed by atoms with Gasteiger partial charge in [-0.15, -0.1) is 0 Å². The molecule has 1 aliphatic carbocycles. The first-order valence-electron chi connectivity index (χ1n) is 9.02. The summed E-state index contributed by atoms with van der Waals surface area (Å²) in [5.74, 6) is 0.211. The van der Waals surface area contributed by atoms with Crippen molar-refractivity contribution >= 4 is 23.4 Å². The van der Waals surface area contributed by atoms with Gasteiger partial charge in [0.25, 0.3) is 0 Å². The van der Waals surface area contributed by atoms with Gasteiger partial charge in [0.1, 0.15) is 0 Å². The third-order valence-electron chi connectivity index (χ3n) is 5.16. The molecule has 2 aromatic rings. The molecule has 1 saturated carbocycles. The number of hydrogen-bond donors (Lipinski definition) is 2. The molecule has 0 spiro atoms. The maximum Gasteiger partial charge on any atom is 0.226 e. The summed E-state index contributed by atoms with van der Waals surface area (Å²) >= 11 is 6.02. The van der Waals surface area contributed by atoms with Crippen molar-refractivity contribution in [3.05, 3.63) is 70.2 Å². The molecule has 2 amide bonds. The molecule has 2 aromatic carbocycles. The minimum absolute atomic E-state index is 0.0676. The number of amides is 2. The zero-order chi connectivity index (χ0) is 18.1. The third-order valence-corrected chi connectivity index (χ3v) is 5.41. The first-order valence-corrected chi connectivity index (χ1v) is 9.40. The van der Waals surface area contributed by atoms with Crippen molar-refractivity contribution < 1.29 is 9.59 Å². The van der Waals surface area contributed by atoms with E-state index in [1.54, 1.807) is 0 Å². The Labute approximate surface area is 157 Å². The SMILES string of the molecule is O=C1CC(C(=O)NC(c2ccc(Cl)cc2)c2ccc(C3CC3)cc2)CN1. The maximum absolute atomic E-state index is 12.7. The highest BCUT2D eigenvalue weighted by Crippen LogP contribution is 2.40. The summed E-state index contributed by atoms with van der Waals surface area (Å²) in [5.41, 5.74) is 3.36. The summed E-state index contributed by atoms with van der Waals surface area (Å²) in [7, 11) is 0. The minimum atomic E-state index is -0.317. The smallest absolute Gasteiger partial charge is 0.226 e. The number of nitrogens with one attached hydrogen (secondary N) is 2. The van der Waals surface area contributed by atoms with Crippen LogP contribution in [0.15, 0.2) is 48.5 Å². The van der Waals surface area contributed by atoms with E-state index in [-0.39, 0.29) is 30.2 Å². The van der Waals surface area contributed by atoms with Crippen LogP contribution in [-0.4, -0.2) is 18.4 Å². The van der Waals surface area contributed by atoms with Gasteiger partial charge < -0.3 is 10.6 Å². The molecule has 2 unspecified atom stereocenters. The van der Waals surface area contributed by atoms with Crippen LogP contribution in [0.4, 0.5) is 0 Å². The monoisotopic (exact) mass is 368 g/mol. The van der Waals surface area contributed by atoms with Gasteiger partial charge in [0.05, 0.1) is 12.0 Å². The molecule has 2 fully saturated rings. The molecule has 134 valence electrons. The quantitative estimate of drug-likeness (QED) is 0.847. The number of carbonyl (C=O) groups excluding carboxylic acids is 2. The summed E-state index contributed by atoms with van der Waals surface area (Å²) in [4.78, 5) is 24.1. The van der Waals surface area contributed by atoms with Gasteiger partial charge in [0.15, 0.2) is 0 Å². The lowest BCUT2D eigenvalue weighted by Gasteiger charge is -2.22. The van der Waals surface area contributed by atoms with E-state index in [1.165, 1.54) is 18.4 Å². The standard InChI is InChI=1S/C21H21ClN2O2/c22-18-9-7-16(8-10-18)20(24-21(26)17-11-19(25)23-12-17)15-5-3-14(4-6-15)13-1-2-13/h3-10,13,17,20H,1-2,11-12H2,(H,23,25)(H,24,26). The Bertz CT molecular complexity index is 813. The van der Waals surface area contributed by atoms with Crippen LogP contribution in [0.3, 0.4) is 0 Å². The minimum Gasteiger partial charge on any atom is -0.355 e. The van der Waals surface area contributed by atoms with E-state index in [9.17, 15) is 9.59 Å². The second kappa shape index (κ2) is 7.12. The molecule has 1 saturated heterocycles. The second-order valence-electron chi connectivity index (χ2n) is 7.14. The van der Waals surface area contributed by atoms with E-state index in [2.05, 4.69) is 34.9 Å². The Balaban J connectivity index is 1.59. The Morgan fingerprint density at radius 3 is 2.19 bits per heavy atom. The Morgan fingerprint density at radius 1 is 1.04 bits per heavy atom. The third kappa shape index (κ3) is 3.75. The van der Waals surface area contributed by atoms with Gasteiger partial charge in [-0.25, -0.2) is 0 Å². The molecule has 1 aliphatic heterocycles. The van der Waals surface area contributed by atoms with Crippen molar-refractivity contribution in [3.8, 4) is 0 Å². The number of hydrogen-bond acceptors (Lipinski definition) is 2. The van der Waals surface area contributed by atoms with Crippen LogP contribution in [0.5, 0.6) is 0 Å². The highest BCUT2D eigenvalue weighted by atomic mass is 35.5. The van der Waals surface area contributed by atoms with Crippen molar-refractivity contribution in [1.82, 2.24) is 10.6 Å². The van der Waals surface area contributed by atoms with Gasteiger partial charge in [-0.1, -0.05) is 48.0 Å². The van der Waals surface area contributed by atoms with Crippen molar-refractivity contribution in [1.29, 1.82) is 0 Å². The number of rotatable bonds is 5. The first-order chi connectivity index (χ1) is 12.6. The molecule has 5 heteroatoms. The summed E-state index contributed by atoms with van der Waals surface area (Å²) in [5, 5.41) is 6.50. The Morgan fingerprint density at radius 2 is 1.65 bits per heavy atom. The molecule has 1 heterocycles. The van der Waals surface area contributed by atoms with Gasteiger partial charge in [0.2, 0.25) is 11.8 Å². The zero-order valence-electron chi connectivity index (χ0n) is 14.4. The molecule has 0 aromatic heterocycles. The second-order valence-corrected chi connectivity index (χ2v) is 7.58. The van der Waals surface area contributed by atoms with Crippen molar-refractivity contribution in [3.63, 3.8) is 0 Å². The van der Waals surface area contributed by atoms with Crippen LogP contribution in [0.1, 0.15) is 47.9 Å².